The molecule has 0 saturated heterocycles. The van der Waals surface area contributed by atoms with Crippen molar-refractivity contribution in [2.75, 3.05) is 26.0 Å². The first-order valence-corrected chi connectivity index (χ1v) is 6.17. The molecule has 0 spiro atoms. The van der Waals surface area contributed by atoms with Crippen LogP contribution in [0.5, 0.6) is 0 Å². The molecule has 0 bridgehead atoms. The number of hydrogen-bond acceptors (Lipinski definition) is 5. The highest BCUT2D eigenvalue weighted by Gasteiger charge is 2.15. The molecule has 3 N–H and O–H groups in total. The molecular weight excluding hydrogens is 238 g/mol. The van der Waals surface area contributed by atoms with Crippen LogP contribution in [0.3, 0.4) is 0 Å². The van der Waals surface area contributed by atoms with E-state index in [-0.39, 0.29) is 11.2 Å². The van der Waals surface area contributed by atoms with Crippen molar-refractivity contribution in [2.45, 2.75) is 17.2 Å². The van der Waals surface area contributed by atoms with Gasteiger partial charge in [0.2, 0.25) is 5.91 Å². The summed E-state index contributed by atoms with van der Waals surface area (Å²) in [4.78, 5) is 15.8. The summed E-state index contributed by atoms with van der Waals surface area (Å²) in [6, 6.07) is 3.54. The van der Waals surface area contributed by atoms with Crippen molar-refractivity contribution >= 4 is 23.4 Å². The number of nitrogen functional groups attached to an aromatic ring is 1. The third-order valence-corrected chi connectivity index (χ3v) is 3.20. The fraction of sp³-hybridized carbons (Fsp3) is 0.455. The van der Waals surface area contributed by atoms with Crippen LogP contribution in [0.2, 0.25) is 0 Å². The van der Waals surface area contributed by atoms with Gasteiger partial charge >= 0.3 is 0 Å². The fourth-order valence-corrected chi connectivity index (χ4v) is 1.99. The van der Waals surface area contributed by atoms with E-state index in [1.54, 1.807) is 25.4 Å². The Balaban J connectivity index is 2.46. The summed E-state index contributed by atoms with van der Waals surface area (Å²) in [5, 5.41) is 3.22. The van der Waals surface area contributed by atoms with Crippen molar-refractivity contribution in [1.82, 2.24) is 10.3 Å². The Morgan fingerprint density at radius 2 is 2.47 bits per heavy atom. The lowest BCUT2D eigenvalue weighted by Gasteiger charge is -2.12. The molecule has 1 amide bonds. The Bertz CT molecular complexity index is 373. The second-order valence-electron chi connectivity index (χ2n) is 3.44. The smallest absolute Gasteiger partial charge is 0.233 e. The number of carbonyl (C=O) groups is 1. The third kappa shape index (κ3) is 4.62. The molecule has 1 aromatic heterocycles. The number of hydrogen-bond donors (Lipinski definition) is 2. The normalized spacial score (nSPS) is 12.1. The average molecular weight is 255 g/mol. The SMILES string of the molecule is COCCNC(=O)C(C)Sc1ncccc1N. The van der Waals surface area contributed by atoms with E-state index in [1.165, 1.54) is 11.8 Å². The van der Waals surface area contributed by atoms with E-state index in [2.05, 4.69) is 10.3 Å². The van der Waals surface area contributed by atoms with Gasteiger partial charge in [0.25, 0.3) is 0 Å². The summed E-state index contributed by atoms with van der Waals surface area (Å²) in [5.41, 5.74) is 6.35. The molecule has 5 nitrogen and oxygen atoms in total. The molecule has 94 valence electrons. The molecule has 0 fully saturated rings. The Kier molecular flexibility index (Phi) is 5.79. The van der Waals surface area contributed by atoms with Crippen LogP contribution in [-0.4, -0.2) is 36.4 Å². The van der Waals surface area contributed by atoms with Crippen LogP contribution >= 0.6 is 11.8 Å². The highest BCUT2D eigenvalue weighted by Crippen LogP contribution is 2.25. The zero-order valence-electron chi connectivity index (χ0n) is 9.97. The Labute approximate surface area is 105 Å². The number of carbonyl (C=O) groups excluding carboxylic acids is 1. The molecule has 1 atom stereocenters. The lowest BCUT2D eigenvalue weighted by Crippen LogP contribution is -2.33. The number of rotatable bonds is 6. The number of nitrogens with two attached hydrogens (primary N) is 1. The number of anilines is 1. The van der Waals surface area contributed by atoms with Crippen molar-refractivity contribution in [3.63, 3.8) is 0 Å². The van der Waals surface area contributed by atoms with Crippen molar-refractivity contribution in [1.29, 1.82) is 0 Å². The molecular formula is C11H17N3O2S. The molecule has 0 aliphatic rings. The number of methoxy groups -OCH3 is 1. The molecule has 0 aliphatic heterocycles. The number of amides is 1. The van der Waals surface area contributed by atoms with E-state index >= 15 is 0 Å². The molecule has 1 aromatic rings. The van der Waals surface area contributed by atoms with E-state index in [9.17, 15) is 4.79 Å². The van der Waals surface area contributed by atoms with Crippen molar-refractivity contribution in [3.05, 3.63) is 18.3 Å². The van der Waals surface area contributed by atoms with E-state index in [0.29, 0.717) is 23.9 Å². The summed E-state index contributed by atoms with van der Waals surface area (Å²) < 4.78 is 4.86. The fourth-order valence-electron chi connectivity index (χ4n) is 1.14. The highest BCUT2D eigenvalue weighted by molar-refractivity contribution is 8.00. The summed E-state index contributed by atoms with van der Waals surface area (Å²) in [5.74, 6) is -0.0443. The first-order chi connectivity index (χ1) is 8.15. The lowest BCUT2D eigenvalue weighted by molar-refractivity contribution is -0.120. The zero-order chi connectivity index (χ0) is 12.7. The molecule has 0 radical (unpaired) electrons. The summed E-state index contributed by atoms with van der Waals surface area (Å²) >= 11 is 1.35. The lowest BCUT2D eigenvalue weighted by atomic mass is 10.4. The molecule has 1 heterocycles. The first kappa shape index (κ1) is 13.8. The van der Waals surface area contributed by atoms with Crippen LogP contribution in [0.25, 0.3) is 0 Å². The zero-order valence-corrected chi connectivity index (χ0v) is 10.8. The number of pyridine rings is 1. The maximum atomic E-state index is 11.7. The van der Waals surface area contributed by atoms with Crippen LogP contribution in [0.15, 0.2) is 23.4 Å². The van der Waals surface area contributed by atoms with Crippen LogP contribution in [0, 0.1) is 0 Å². The second-order valence-corrected chi connectivity index (χ2v) is 4.77. The van der Waals surface area contributed by atoms with Gasteiger partial charge in [0.1, 0.15) is 5.03 Å². The van der Waals surface area contributed by atoms with Gasteiger partial charge in [0, 0.05) is 19.9 Å². The third-order valence-electron chi connectivity index (χ3n) is 2.06. The Morgan fingerprint density at radius 3 is 3.12 bits per heavy atom. The van der Waals surface area contributed by atoms with Gasteiger partial charge in [-0.1, -0.05) is 11.8 Å². The standard InChI is InChI=1S/C11H17N3O2S/c1-8(10(15)13-6-7-16-2)17-11-9(12)4-3-5-14-11/h3-5,8H,6-7,12H2,1-2H3,(H,13,15). The number of ether oxygens (including phenoxy) is 1. The molecule has 1 unspecified atom stereocenters. The number of nitrogens with zero attached hydrogens (tertiary/aromatic N) is 1. The quantitative estimate of drug-likeness (QED) is 0.583. The van der Waals surface area contributed by atoms with Crippen molar-refractivity contribution in [3.8, 4) is 0 Å². The van der Waals surface area contributed by atoms with Gasteiger partial charge in [0.15, 0.2) is 0 Å². The van der Waals surface area contributed by atoms with Crippen LogP contribution < -0.4 is 11.1 Å². The molecule has 17 heavy (non-hydrogen) atoms. The maximum absolute atomic E-state index is 11.7. The van der Waals surface area contributed by atoms with Gasteiger partial charge in [-0.2, -0.15) is 0 Å². The van der Waals surface area contributed by atoms with E-state index in [4.69, 9.17) is 10.5 Å². The van der Waals surface area contributed by atoms with Crippen molar-refractivity contribution in [2.24, 2.45) is 0 Å². The monoisotopic (exact) mass is 255 g/mol. The summed E-state index contributed by atoms with van der Waals surface area (Å²) in [6.45, 7) is 2.84. The maximum Gasteiger partial charge on any atom is 0.233 e. The van der Waals surface area contributed by atoms with Crippen LogP contribution in [-0.2, 0) is 9.53 Å². The van der Waals surface area contributed by atoms with Crippen molar-refractivity contribution < 1.29 is 9.53 Å². The predicted molar refractivity (Wildman–Crippen MR) is 68.9 cm³/mol. The van der Waals surface area contributed by atoms with Crippen LogP contribution in [0.1, 0.15) is 6.92 Å². The van der Waals surface area contributed by atoms with Crippen LogP contribution in [0.4, 0.5) is 5.69 Å². The van der Waals surface area contributed by atoms with E-state index in [0.717, 1.165) is 0 Å². The molecule has 0 aromatic carbocycles. The number of aromatic nitrogens is 1. The first-order valence-electron chi connectivity index (χ1n) is 5.29. The minimum atomic E-state index is -0.232. The predicted octanol–water partition coefficient (Wildman–Crippen LogP) is 0.907. The highest BCUT2D eigenvalue weighted by atomic mass is 32.2. The molecule has 1 rings (SSSR count). The molecule has 0 saturated carbocycles. The minimum absolute atomic E-state index is 0.0443. The Hall–Kier alpha value is -1.27. The summed E-state index contributed by atoms with van der Waals surface area (Å²) in [7, 11) is 1.60. The van der Waals surface area contributed by atoms with E-state index in [1.807, 2.05) is 6.92 Å². The number of thioether (sulfide) groups is 1. The average Bonchev–Trinajstić information content (AvgIpc) is 2.32. The topological polar surface area (TPSA) is 77.2 Å². The summed E-state index contributed by atoms with van der Waals surface area (Å²) in [6.07, 6.45) is 1.66. The van der Waals surface area contributed by atoms with Gasteiger partial charge in [-0.15, -0.1) is 0 Å². The second kappa shape index (κ2) is 7.13. The van der Waals surface area contributed by atoms with E-state index < -0.39 is 0 Å². The van der Waals surface area contributed by atoms with Gasteiger partial charge in [-0.3, -0.25) is 4.79 Å². The largest absolute Gasteiger partial charge is 0.397 e. The van der Waals surface area contributed by atoms with Gasteiger partial charge in [0.05, 0.1) is 17.5 Å². The molecule has 0 aliphatic carbocycles. The van der Waals surface area contributed by atoms with Gasteiger partial charge in [-0.05, 0) is 19.1 Å². The minimum Gasteiger partial charge on any atom is -0.397 e. The Morgan fingerprint density at radius 1 is 1.71 bits per heavy atom. The van der Waals surface area contributed by atoms with Gasteiger partial charge in [-0.25, -0.2) is 4.98 Å². The van der Waals surface area contributed by atoms with Gasteiger partial charge < -0.3 is 15.8 Å². The number of nitrogens with one attached hydrogen (secondary N) is 1. The molecule has 6 heteroatoms.